The summed E-state index contributed by atoms with van der Waals surface area (Å²) in [6, 6.07) is 6.79. The maximum absolute atomic E-state index is 12.2. The first kappa shape index (κ1) is 16.2. The number of carboxylic acids is 1. The van der Waals surface area contributed by atoms with Crippen LogP contribution in [0.4, 0.5) is 0 Å². The van der Waals surface area contributed by atoms with E-state index in [1.165, 1.54) is 11.3 Å². The van der Waals surface area contributed by atoms with Gasteiger partial charge < -0.3 is 10.0 Å². The zero-order valence-corrected chi connectivity index (χ0v) is 13.4. The van der Waals surface area contributed by atoms with Gasteiger partial charge in [0, 0.05) is 18.3 Å². The van der Waals surface area contributed by atoms with E-state index in [-0.39, 0.29) is 11.5 Å². The highest BCUT2D eigenvalue weighted by Crippen LogP contribution is 2.16. The molecule has 1 heterocycles. The Labute approximate surface area is 133 Å². The minimum absolute atomic E-state index is 0.00649. The first-order chi connectivity index (χ1) is 10.5. The fourth-order valence-electron chi connectivity index (χ4n) is 2.16. The molecule has 0 radical (unpaired) electrons. The Hall–Kier alpha value is -2.21. The second-order valence-electron chi connectivity index (χ2n) is 5.07. The van der Waals surface area contributed by atoms with Crippen molar-refractivity contribution in [3.05, 3.63) is 51.5 Å². The number of nitrogens with zero attached hydrogens (tertiary/aromatic N) is 2. The van der Waals surface area contributed by atoms with Crippen LogP contribution in [0.3, 0.4) is 0 Å². The highest BCUT2D eigenvalue weighted by atomic mass is 32.1. The normalized spacial score (nSPS) is 10.5. The lowest BCUT2D eigenvalue weighted by molar-refractivity contribution is -0.130. The van der Waals surface area contributed by atoms with Crippen LogP contribution in [0.5, 0.6) is 0 Å². The number of hydrogen-bond acceptors (Lipinski definition) is 4. The molecule has 0 aliphatic heterocycles. The number of carboxylic acid groups (broad SMARTS) is 1. The van der Waals surface area contributed by atoms with E-state index in [2.05, 4.69) is 4.98 Å². The van der Waals surface area contributed by atoms with Crippen molar-refractivity contribution in [3.63, 3.8) is 0 Å². The van der Waals surface area contributed by atoms with Crippen molar-refractivity contribution in [1.82, 2.24) is 9.88 Å². The molecule has 22 heavy (non-hydrogen) atoms. The molecule has 0 bridgehead atoms. The number of aryl methyl sites for hydroxylation is 2. The topological polar surface area (TPSA) is 70.5 Å². The molecule has 0 saturated heterocycles. The smallest absolute Gasteiger partial charge is 0.335 e. The molecule has 6 heteroatoms. The average molecular weight is 318 g/mol. The van der Waals surface area contributed by atoms with Gasteiger partial charge in [0.25, 0.3) is 0 Å². The second kappa shape index (κ2) is 7.17. The van der Waals surface area contributed by atoms with Gasteiger partial charge in [-0.15, -0.1) is 11.3 Å². The number of amides is 1. The summed E-state index contributed by atoms with van der Waals surface area (Å²) < 4.78 is 0. The Morgan fingerprint density at radius 3 is 2.68 bits per heavy atom. The molecule has 1 aromatic heterocycles. The van der Waals surface area contributed by atoms with Crippen molar-refractivity contribution in [1.29, 1.82) is 0 Å². The first-order valence-electron chi connectivity index (χ1n) is 6.93. The number of carbonyl (C=O) groups excluding carboxylic acids is 1. The minimum Gasteiger partial charge on any atom is -0.478 e. The first-order valence-corrected chi connectivity index (χ1v) is 7.81. The maximum atomic E-state index is 12.2. The number of aromatic carboxylic acids is 1. The Balaban J connectivity index is 1.95. The van der Waals surface area contributed by atoms with Crippen LogP contribution in [0.1, 0.15) is 32.9 Å². The van der Waals surface area contributed by atoms with Crippen LogP contribution in [0, 0.1) is 6.92 Å². The van der Waals surface area contributed by atoms with E-state index in [4.69, 9.17) is 5.11 Å². The van der Waals surface area contributed by atoms with E-state index in [0.717, 1.165) is 10.6 Å². The molecule has 0 fully saturated rings. The van der Waals surface area contributed by atoms with E-state index in [1.807, 2.05) is 6.92 Å². The predicted octanol–water partition coefficient (Wildman–Crippen LogP) is 2.74. The molecule has 0 aliphatic carbocycles. The predicted molar refractivity (Wildman–Crippen MR) is 85.0 cm³/mol. The van der Waals surface area contributed by atoms with Crippen LogP contribution in [0.15, 0.2) is 29.8 Å². The van der Waals surface area contributed by atoms with Gasteiger partial charge in [0.15, 0.2) is 0 Å². The van der Waals surface area contributed by atoms with Gasteiger partial charge in [0.2, 0.25) is 5.91 Å². The fraction of sp³-hybridized carbons (Fsp3) is 0.312. The van der Waals surface area contributed by atoms with Crippen molar-refractivity contribution in [2.75, 3.05) is 7.05 Å². The van der Waals surface area contributed by atoms with Crippen molar-refractivity contribution >= 4 is 23.2 Å². The third-order valence-electron chi connectivity index (χ3n) is 3.51. The standard InChI is InChI=1S/C16H18N2O3S/c1-11-14(22-10-17-11)9-18(2)15(19)8-7-12-5-3-4-6-13(12)16(20)21/h3-6,10H,7-9H2,1-2H3,(H,20,21). The molecule has 0 unspecified atom stereocenters. The molecular formula is C16H18N2O3S. The number of carbonyl (C=O) groups is 2. The zero-order chi connectivity index (χ0) is 16.1. The van der Waals surface area contributed by atoms with E-state index in [1.54, 1.807) is 41.7 Å². The van der Waals surface area contributed by atoms with Crippen molar-refractivity contribution < 1.29 is 14.7 Å². The molecule has 2 rings (SSSR count). The SMILES string of the molecule is Cc1ncsc1CN(C)C(=O)CCc1ccccc1C(=O)O. The summed E-state index contributed by atoms with van der Waals surface area (Å²) in [6.07, 6.45) is 0.714. The summed E-state index contributed by atoms with van der Waals surface area (Å²) in [5, 5.41) is 9.14. The molecule has 5 nitrogen and oxygen atoms in total. The Kier molecular flexibility index (Phi) is 5.27. The van der Waals surface area contributed by atoms with Gasteiger partial charge in [-0.25, -0.2) is 9.78 Å². The summed E-state index contributed by atoms with van der Waals surface area (Å²) in [5.74, 6) is -0.968. The second-order valence-corrected chi connectivity index (χ2v) is 6.01. The summed E-state index contributed by atoms with van der Waals surface area (Å²) in [7, 11) is 1.75. The van der Waals surface area contributed by atoms with Crippen LogP contribution in [0.25, 0.3) is 0 Å². The van der Waals surface area contributed by atoms with Crippen LogP contribution in [0.2, 0.25) is 0 Å². The highest BCUT2D eigenvalue weighted by Gasteiger charge is 2.14. The van der Waals surface area contributed by atoms with Crippen LogP contribution >= 0.6 is 11.3 Å². The third-order valence-corrected chi connectivity index (χ3v) is 4.43. The van der Waals surface area contributed by atoms with E-state index < -0.39 is 5.97 Å². The molecule has 1 aromatic carbocycles. The lowest BCUT2D eigenvalue weighted by atomic mass is 10.0. The number of thiazole rings is 1. The van der Waals surface area contributed by atoms with Gasteiger partial charge in [0.1, 0.15) is 0 Å². The minimum atomic E-state index is -0.961. The van der Waals surface area contributed by atoms with Gasteiger partial charge in [-0.1, -0.05) is 18.2 Å². The van der Waals surface area contributed by atoms with E-state index >= 15 is 0 Å². The molecule has 0 aliphatic rings. The lowest BCUT2D eigenvalue weighted by Crippen LogP contribution is -2.26. The molecule has 1 amide bonds. The van der Waals surface area contributed by atoms with E-state index in [0.29, 0.717) is 24.9 Å². The van der Waals surface area contributed by atoms with Crippen LogP contribution in [-0.4, -0.2) is 33.9 Å². The van der Waals surface area contributed by atoms with Crippen molar-refractivity contribution in [2.24, 2.45) is 0 Å². The van der Waals surface area contributed by atoms with Crippen LogP contribution in [-0.2, 0) is 17.8 Å². The van der Waals surface area contributed by atoms with Gasteiger partial charge >= 0.3 is 5.97 Å². The maximum Gasteiger partial charge on any atom is 0.335 e. The summed E-state index contributed by atoms with van der Waals surface area (Å²) in [6.45, 7) is 2.46. The van der Waals surface area contributed by atoms with Crippen LogP contribution < -0.4 is 0 Å². The van der Waals surface area contributed by atoms with Gasteiger partial charge in [-0.2, -0.15) is 0 Å². The number of rotatable bonds is 6. The molecule has 1 N–H and O–H groups in total. The molecular weight excluding hydrogens is 300 g/mol. The average Bonchev–Trinajstić information content (AvgIpc) is 2.90. The molecule has 0 spiro atoms. The van der Waals surface area contributed by atoms with Gasteiger partial charge in [-0.3, -0.25) is 4.79 Å². The lowest BCUT2D eigenvalue weighted by Gasteiger charge is -2.17. The molecule has 2 aromatic rings. The third kappa shape index (κ3) is 3.92. The Bertz CT molecular complexity index is 682. The Morgan fingerprint density at radius 1 is 1.32 bits per heavy atom. The highest BCUT2D eigenvalue weighted by molar-refractivity contribution is 7.09. The summed E-state index contributed by atoms with van der Waals surface area (Å²) in [5.41, 5.74) is 3.66. The van der Waals surface area contributed by atoms with Gasteiger partial charge in [-0.05, 0) is 25.0 Å². The summed E-state index contributed by atoms with van der Waals surface area (Å²) >= 11 is 1.53. The molecule has 0 saturated carbocycles. The fourth-order valence-corrected chi connectivity index (χ4v) is 2.99. The monoisotopic (exact) mass is 318 g/mol. The molecule has 116 valence electrons. The van der Waals surface area contributed by atoms with E-state index in [9.17, 15) is 9.59 Å². The quantitative estimate of drug-likeness (QED) is 0.889. The zero-order valence-electron chi connectivity index (χ0n) is 12.6. The van der Waals surface area contributed by atoms with Crippen molar-refractivity contribution in [2.45, 2.75) is 26.3 Å². The number of hydrogen-bond donors (Lipinski definition) is 1. The largest absolute Gasteiger partial charge is 0.478 e. The van der Waals surface area contributed by atoms with Crippen molar-refractivity contribution in [3.8, 4) is 0 Å². The van der Waals surface area contributed by atoms with Gasteiger partial charge in [0.05, 0.1) is 23.3 Å². The number of benzene rings is 1. The molecule has 0 atom stereocenters. The summed E-state index contributed by atoms with van der Waals surface area (Å²) in [4.78, 5) is 30.2. The number of aromatic nitrogens is 1. The Morgan fingerprint density at radius 2 is 2.05 bits per heavy atom.